The van der Waals surface area contributed by atoms with Gasteiger partial charge in [-0.05, 0) is 6.42 Å². The number of unbranched alkanes of at least 4 members (excludes halogenated alkanes) is 7. The van der Waals surface area contributed by atoms with Gasteiger partial charge in [-0.2, -0.15) is 0 Å². The Hall–Kier alpha value is -0.740. The molecule has 0 rings (SSSR count). The summed E-state index contributed by atoms with van der Waals surface area (Å²) in [5, 5.41) is 9.07. The molecule has 0 spiro atoms. The van der Waals surface area contributed by atoms with Gasteiger partial charge in [0.05, 0.1) is 0 Å². The highest BCUT2D eigenvalue weighted by molar-refractivity contribution is 5.10. The van der Waals surface area contributed by atoms with Crippen LogP contribution in [-0.2, 0) is 0 Å². The van der Waals surface area contributed by atoms with Crippen LogP contribution in [0.4, 0.5) is 0 Å². The fourth-order valence-corrected chi connectivity index (χ4v) is 1.41. The average Bonchev–Trinajstić information content (AvgIpc) is 2.26. The molecule has 1 heteroatoms. The Morgan fingerprint density at radius 3 is 2.33 bits per heavy atom. The number of hydrogen-bond acceptors (Lipinski definition) is 1. The van der Waals surface area contributed by atoms with Crippen LogP contribution in [0.3, 0.4) is 0 Å². The van der Waals surface area contributed by atoms with E-state index in [4.69, 9.17) is 5.11 Å². The first-order chi connectivity index (χ1) is 7.31. The first-order valence-corrected chi connectivity index (χ1v) is 6.10. The first-order valence-electron chi connectivity index (χ1n) is 6.10. The Kier molecular flexibility index (Phi) is 10.8. The molecule has 0 aliphatic carbocycles. The molecule has 0 radical (unpaired) electrons. The van der Waals surface area contributed by atoms with Gasteiger partial charge >= 0.3 is 0 Å². The second-order valence-corrected chi connectivity index (χ2v) is 3.87. The molecule has 86 valence electrons. The average molecular weight is 208 g/mol. The molecule has 1 nitrogen and oxygen atoms in total. The molecular weight excluding hydrogens is 184 g/mol. The Morgan fingerprint density at radius 1 is 1.13 bits per heavy atom. The van der Waals surface area contributed by atoms with Crippen molar-refractivity contribution in [3.8, 4) is 11.8 Å². The van der Waals surface area contributed by atoms with Crippen molar-refractivity contribution in [3.05, 3.63) is 12.7 Å². The van der Waals surface area contributed by atoms with Gasteiger partial charge in [0, 0.05) is 6.42 Å². The normalized spacial score (nSPS) is 11.6. The lowest BCUT2D eigenvalue weighted by Crippen LogP contribution is -1.94. The molecule has 0 fully saturated rings. The molecular formula is C14H24O. The first kappa shape index (κ1) is 14.3. The van der Waals surface area contributed by atoms with E-state index in [9.17, 15) is 0 Å². The van der Waals surface area contributed by atoms with E-state index in [0.29, 0.717) is 0 Å². The molecule has 1 atom stereocenters. The molecule has 0 aliphatic rings. The van der Waals surface area contributed by atoms with Crippen LogP contribution in [0.25, 0.3) is 0 Å². The van der Waals surface area contributed by atoms with Crippen molar-refractivity contribution in [2.24, 2.45) is 0 Å². The number of aliphatic hydroxyl groups excluding tert-OH is 1. The van der Waals surface area contributed by atoms with Crippen LogP contribution in [0.1, 0.15) is 58.3 Å². The lowest BCUT2D eigenvalue weighted by Gasteiger charge is -1.98. The van der Waals surface area contributed by atoms with Gasteiger partial charge in [0.25, 0.3) is 0 Å². The Morgan fingerprint density at radius 2 is 1.73 bits per heavy atom. The molecule has 0 saturated carbocycles. The van der Waals surface area contributed by atoms with Gasteiger partial charge in [-0.3, -0.25) is 0 Å². The van der Waals surface area contributed by atoms with Gasteiger partial charge in [0.2, 0.25) is 0 Å². The van der Waals surface area contributed by atoms with Gasteiger partial charge in [0.15, 0.2) is 0 Å². The van der Waals surface area contributed by atoms with Crippen molar-refractivity contribution in [1.29, 1.82) is 0 Å². The van der Waals surface area contributed by atoms with Gasteiger partial charge in [-0.1, -0.05) is 64.0 Å². The monoisotopic (exact) mass is 208 g/mol. The minimum absolute atomic E-state index is 0.644. The molecule has 15 heavy (non-hydrogen) atoms. The van der Waals surface area contributed by atoms with E-state index >= 15 is 0 Å². The predicted molar refractivity (Wildman–Crippen MR) is 66.6 cm³/mol. The van der Waals surface area contributed by atoms with Crippen molar-refractivity contribution in [2.75, 3.05) is 0 Å². The van der Waals surface area contributed by atoms with Crippen LogP contribution in [0.2, 0.25) is 0 Å². The zero-order valence-corrected chi connectivity index (χ0v) is 9.97. The summed E-state index contributed by atoms with van der Waals surface area (Å²) in [4.78, 5) is 0. The van der Waals surface area contributed by atoms with Crippen LogP contribution in [0.5, 0.6) is 0 Å². The summed E-state index contributed by atoms with van der Waals surface area (Å²) in [6, 6.07) is 0. The molecule has 0 saturated heterocycles. The smallest absolute Gasteiger partial charge is 0.133 e. The van der Waals surface area contributed by atoms with E-state index in [-0.39, 0.29) is 0 Å². The summed E-state index contributed by atoms with van der Waals surface area (Å²) in [6.45, 7) is 5.70. The second kappa shape index (κ2) is 11.3. The van der Waals surface area contributed by atoms with Crippen molar-refractivity contribution in [1.82, 2.24) is 0 Å². The molecule has 0 aromatic carbocycles. The van der Waals surface area contributed by atoms with Crippen LogP contribution in [0, 0.1) is 11.8 Å². The fraction of sp³-hybridized carbons (Fsp3) is 0.714. The van der Waals surface area contributed by atoms with E-state index in [1.54, 1.807) is 0 Å². The highest BCUT2D eigenvalue weighted by Gasteiger charge is 1.90. The van der Waals surface area contributed by atoms with E-state index in [1.165, 1.54) is 44.6 Å². The predicted octanol–water partition coefficient (Wildman–Crippen LogP) is 3.68. The summed E-state index contributed by atoms with van der Waals surface area (Å²) in [5.74, 6) is 5.70. The summed E-state index contributed by atoms with van der Waals surface area (Å²) in [5.41, 5.74) is 0. The highest BCUT2D eigenvalue weighted by Crippen LogP contribution is 2.07. The van der Waals surface area contributed by atoms with Gasteiger partial charge < -0.3 is 5.11 Å². The van der Waals surface area contributed by atoms with E-state index < -0.39 is 6.10 Å². The minimum atomic E-state index is -0.644. The Bertz CT molecular complexity index is 197. The molecule has 0 amide bonds. The summed E-state index contributed by atoms with van der Waals surface area (Å²) >= 11 is 0. The third-order valence-electron chi connectivity index (χ3n) is 2.38. The van der Waals surface area contributed by atoms with Crippen LogP contribution in [0.15, 0.2) is 12.7 Å². The summed E-state index contributed by atoms with van der Waals surface area (Å²) in [6.07, 6.45) is 10.9. The third-order valence-corrected chi connectivity index (χ3v) is 2.38. The standard InChI is InChI=1S/C14H24O/c1-3-5-6-7-8-9-10-11-12-13-14(15)4-2/h4,14-15H,2-3,5-11H2,1H3. The molecule has 1 unspecified atom stereocenters. The van der Waals surface area contributed by atoms with Gasteiger partial charge in [-0.25, -0.2) is 0 Å². The maximum absolute atomic E-state index is 9.07. The molecule has 1 N–H and O–H groups in total. The Balaban J connectivity index is 3.16. The van der Waals surface area contributed by atoms with Crippen molar-refractivity contribution >= 4 is 0 Å². The number of hydrogen-bond donors (Lipinski definition) is 1. The topological polar surface area (TPSA) is 20.2 Å². The van der Waals surface area contributed by atoms with Gasteiger partial charge in [0.1, 0.15) is 6.10 Å². The lowest BCUT2D eigenvalue weighted by molar-refractivity contribution is 0.281. The molecule has 0 bridgehead atoms. The minimum Gasteiger partial charge on any atom is -0.377 e. The second-order valence-electron chi connectivity index (χ2n) is 3.87. The number of rotatable bonds is 8. The van der Waals surface area contributed by atoms with Crippen molar-refractivity contribution in [2.45, 2.75) is 64.4 Å². The maximum atomic E-state index is 9.07. The molecule has 0 aliphatic heterocycles. The zero-order valence-electron chi connectivity index (χ0n) is 9.97. The summed E-state index contributed by atoms with van der Waals surface area (Å²) in [7, 11) is 0. The van der Waals surface area contributed by atoms with E-state index in [1.807, 2.05) is 0 Å². The van der Waals surface area contributed by atoms with Crippen molar-refractivity contribution in [3.63, 3.8) is 0 Å². The summed E-state index contributed by atoms with van der Waals surface area (Å²) < 4.78 is 0. The SMILES string of the molecule is C=CC(O)C#CCCCCCCCCC. The maximum Gasteiger partial charge on any atom is 0.133 e. The van der Waals surface area contributed by atoms with E-state index in [2.05, 4.69) is 25.3 Å². The molecule has 0 heterocycles. The van der Waals surface area contributed by atoms with Gasteiger partial charge in [-0.15, -0.1) is 5.92 Å². The lowest BCUT2D eigenvalue weighted by atomic mass is 10.1. The Labute approximate surface area is 94.6 Å². The van der Waals surface area contributed by atoms with E-state index in [0.717, 1.165) is 12.8 Å². The zero-order chi connectivity index (χ0) is 11.4. The quantitative estimate of drug-likeness (QED) is 0.366. The third kappa shape index (κ3) is 11.2. The van der Waals surface area contributed by atoms with Crippen LogP contribution >= 0.6 is 0 Å². The number of aliphatic hydroxyl groups is 1. The largest absolute Gasteiger partial charge is 0.377 e. The fourth-order valence-electron chi connectivity index (χ4n) is 1.41. The molecule has 0 aromatic heterocycles. The van der Waals surface area contributed by atoms with Crippen molar-refractivity contribution < 1.29 is 5.11 Å². The highest BCUT2D eigenvalue weighted by atomic mass is 16.3. The van der Waals surface area contributed by atoms with Crippen LogP contribution < -0.4 is 0 Å². The molecule has 0 aromatic rings. The van der Waals surface area contributed by atoms with Crippen LogP contribution in [-0.4, -0.2) is 11.2 Å².